The number of H-pyrrole nitrogens is 1. The van der Waals surface area contributed by atoms with E-state index >= 15 is 0 Å². The van der Waals surface area contributed by atoms with E-state index in [0.29, 0.717) is 40.6 Å². The number of hydrogen-bond acceptors (Lipinski definition) is 6. The number of nitrogens with zero attached hydrogens (tertiary/aromatic N) is 4. The van der Waals surface area contributed by atoms with Crippen LogP contribution < -0.4 is 20.5 Å². The van der Waals surface area contributed by atoms with Crippen LogP contribution in [0.2, 0.25) is 0 Å². The summed E-state index contributed by atoms with van der Waals surface area (Å²) in [6, 6.07) is 8.83. The number of aromatic nitrogens is 4. The standard InChI is InChI=1S/C23H26N6O4/c1-5-18-14(3)24-23(26-22(18)32)29-19(10-13(2)27-29)25-21(31)15-11-20(30)28(12-15)16-6-8-17(33-4)9-7-16/h6-10,15H,5,11-12H2,1-4H3,(H,25,31)(H,24,26,32)/t15-/m1/s1. The average Bonchev–Trinajstić information content (AvgIpc) is 3.36. The zero-order valence-corrected chi connectivity index (χ0v) is 19.0. The summed E-state index contributed by atoms with van der Waals surface area (Å²) in [6.45, 7) is 5.70. The third-order valence-electron chi connectivity index (χ3n) is 5.73. The third-order valence-corrected chi connectivity index (χ3v) is 5.73. The molecule has 33 heavy (non-hydrogen) atoms. The molecule has 0 aliphatic carbocycles. The maximum Gasteiger partial charge on any atom is 0.255 e. The smallest absolute Gasteiger partial charge is 0.255 e. The van der Waals surface area contributed by atoms with Crippen molar-refractivity contribution in [1.82, 2.24) is 19.7 Å². The first-order valence-electron chi connectivity index (χ1n) is 10.7. The Balaban J connectivity index is 1.54. The van der Waals surface area contributed by atoms with Gasteiger partial charge in [-0.2, -0.15) is 9.78 Å². The van der Waals surface area contributed by atoms with Crippen molar-refractivity contribution in [3.8, 4) is 11.7 Å². The maximum atomic E-state index is 13.0. The fraction of sp³-hybridized carbons (Fsp3) is 0.348. The van der Waals surface area contributed by atoms with Crippen LogP contribution in [-0.4, -0.2) is 45.2 Å². The number of methoxy groups -OCH3 is 1. The lowest BCUT2D eigenvalue weighted by Crippen LogP contribution is -2.29. The maximum absolute atomic E-state index is 13.0. The molecule has 2 amide bonds. The summed E-state index contributed by atoms with van der Waals surface area (Å²) in [5, 5.41) is 7.22. The monoisotopic (exact) mass is 450 g/mol. The molecule has 0 radical (unpaired) electrons. The zero-order valence-electron chi connectivity index (χ0n) is 19.0. The summed E-state index contributed by atoms with van der Waals surface area (Å²) in [4.78, 5) is 46.8. The van der Waals surface area contributed by atoms with Crippen LogP contribution in [0.5, 0.6) is 5.75 Å². The van der Waals surface area contributed by atoms with E-state index in [1.807, 2.05) is 6.92 Å². The third kappa shape index (κ3) is 4.36. The largest absolute Gasteiger partial charge is 0.497 e. The lowest BCUT2D eigenvalue weighted by atomic mass is 10.1. The molecule has 0 spiro atoms. The molecule has 3 aromatic rings. The van der Waals surface area contributed by atoms with E-state index in [-0.39, 0.29) is 36.3 Å². The van der Waals surface area contributed by atoms with Crippen LogP contribution in [0.3, 0.4) is 0 Å². The van der Waals surface area contributed by atoms with Gasteiger partial charge < -0.3 is 15.0 Å². The number of carbonyl (C=O) groups excluding carboxylic acids is 2. The average molecular weight is 450 g/mol. The van der Waals surface area contributed by atoms with Crippen molar-refractivity contribution in [2.45, 2.75) is 33.6 Å². The molecule has 10 nitrogen and oxygen atoms in total. The number of nitrogens with one attached hydrogen (secondary N) is 2. The van der Waals surface area contributed by atoms with E-state index in [4.69, 9.17) is 4.74 Å². The normalized spacial score (nSPS) is 15.7. The van der Waals surface area contributed by atoms with Gasteiger partial charge in [0.05, 0.1) is 18.7 Å². The van der Waals surface area contributed by atoms with Crippen LogP contribution in [0.25, 0.3) is 5.95 Å². The summed E-state index contributed by atoms with van der Waals surface area (Å²) >= 11 is 0. The number of benzene rings is 1. The Kier molecular flexibility index (Phi) is 5.99. The second kappa shape index (κ2) is 8.89. The van der Waals surface area contributed by atoms with Gasteiger partial charge >= 0.3 is 0 Å². The number of aryl methyl sites for hydroxylation is 2. The molecule has 4 rings (SSSR count). The minimum Gasteiger partial charge on any atom is -0.497 e. The van der Waals surface area contributed by atoms with Crippen molar-refractivity contribution in [2.75, 3.05) is 23.9 Å². The molecule has 1 saturated heterocycles. The van der Waals surface area contributed by atoms with Crippen LogP contribution in [0.1, 0.15) is 30.3 Å². The van der Waals surface area contributed by atoms with E-state index in [2.05, 4.69) is 20.4 Å². The van der Waals surface area contributed by atoms with Crippen molar-refractivity contribution in [1.29, 1.82) is 0 Å². The van der Waals surface area contributed by atoms with E-state index in [1.165, 1.54) is 4.68 Å². The molecule has 1 fully saturated rings. The predicted octanol–water partition coefficient (Wildman–Crippen LogP) is 2.14. The van der Waals surface area contributed by atoms with E-state index in [9.17, 15) is 14.4 Å². The molecule has 172 valence electrons. The van der Waals surface area contributed by atoms with Crippen molar-refractivity contribution in [3.63, 3.8) is 0 Å². The van der Waals surface area contributed by atoms with Crippen LogP contribution in [0.4, 0.5) is 11.5 Å². The molecule has 1 aliphatic rings. The van der Waals surface area contributed by atoms with Gasteiger partial charge in [-0.05, 0) is 44.5 Å². The number of anilines is 2. The number of hydrogen-bond donors (Lipinski definition) is 2. The van der Waals surface area contributed by atoms with Crippen LogP contribution in [0, 0.1) is 19.8 Å². The van der Waals surface area contributed by atoms with Gasteiger partial charge in [0.15, 0.2) is 0 Å². The minimum absolute atomic E-state index is 0.102. The fourth-order valence-corrected chi connectivity index (χ4v) is 3.99. The second-order valence-electron chi connectivity index (χ2n) is 7.98. The van der Waals surface area contributed by atoms with Gasteiger partial charge in [0.1, 0.15) is 11.6 Å². The number of amides is 2. The number of carbonyl (C=O) groups is 2. The van der Waals surface area contributed by atoms with Crippen LogP contribution in [-0.2, 0) is 16.0 Å². The Morgan fingerprint density at radius 1 is 1.24 bits per heavy atom. The van der Waals surface area contributed by atoms with Gasteiger partial charge in [-0.3, -0.25) is 19.4 Å². The quantitative estimate of drug-likeness (QED) is 0.593. The van der Waals surface area contributed by atoms with Crippen LogP contribution in [0.15, 0.2) is 35.1 Å². The number of ether oxygens (including phenoxy) is 1. The van der Waals surface area contributed by atoms with Crippen molar-refractivity contribution >= 4 is 23.3 Å². The van der Waals surface area contributed by atoms with Gasteiger partial charge in [-0.15, -0.1) is 0 Å². The predicted molar refractivity (Wildman–Crippen MR) is 123 cm³/mol. The highest BCUT2D eigenvalue weighted by atomic mass is 16.5. The van der Waals surface area contributed by atoms with Gasteiger partial charge in [0.2, 0.25) is 17.8 Å². The van der Waals surface area contributed by atoms with Gasteiger partial charge in [-0.25, -0.2) is 4.98 Å². The topological polar surface area (TPSA) is 122 Å². The summed E-state index contributed by atoms with van der Waals surface area (Å²) in [7, 11) is 1.58. The van der Waals surface area contributed by atoms with Gasteiger partial charge in [-0.1, -0.05) is 6.92 Å². The SMILES string of the molecule is CCc1c(C)nc(-n2nc(C)cc2NC(=O)[C@@H]2CC(=O)N(c3ccc(OC)cc3)C2)[nH]c1=O. The lowest BCUT2D eigenvalue weighted by Gasteiger charge is -2.17. The van der Waals surface area contributed by atoms with Gasteiger partial charge in [0, 0.05) is 36.0 Å². The van der Waals surface area contributed by atoms with Crippen molar-refractivity contribution in [2.24, 2.45) is 5.92 Å². The minimum atomic E-state index is -0.528. The Hall–Kier alpha value is -3.95. The number of rotatable bonds is 6. The molecule has 0 unspecified atom stereocenters. The van der Waals surface area contributed by atoms with Crippen molar-refractivity contribution in [3.05, 3.63) is 57.6 Å². The molecule has 1 aromatic carbocycles. The summed E-state index contributed by atoms with van der Waals surface area (Å²) < 4.78 is 6.56. The van der Waals surface area contributed by atoms with E-state index < -0.39 is 5.92 Å². The van der Waals surface area contributed by atoms with Crippen molar-refractivity contribution < 1.29 is 14.3 Å². The first-order chi connectivity index (χ1) is 15.8. The van der Waals surface area contributed by atoms with E-state index in [0.717, 1.165) is 0 Å². The molecule has 3 heterocycles. The zero-order chi connectivity index (χ0) is 23.7. The first-order valence-corrected chi connectivity index (χ1v) is 10.7. The number of aromatic amines is 1. The first kappa shape index (κ1) is 22.3. The molecular weight excluding hydrogens is 424 g/mol. The summed E-state index contributed by atoms with van der Waals surface area (Å²) in [5.41, 5.74) is 2.34. The molecule has 2 N–H and O–H groups in total. The molecule has 2 aromatic heterocycles. The Labute approximate surface area is 190 Å². The Bertz CT molecular complexity index is 1260. The Morgan fingerprint density at radius 3 is 2.61 bits per heavy atom. The molecule has 0 saturated carbocycles. The molecule has 1 aliphatic heterocycles. The lowest BCUT2D eigenvalue weighted by molar-refractivity contribution is -0.122. The molecule has 1 atom stereocenters. The highest BCUT2D eigenvalue weighted by Gasteiger charge is 2.35. The second-order valence-corrected chi connectivity index (χ2v) is 7.98. The summed E-state index contributed by atoms with van der Waals surface area (Å²) in [6.07, 6.45) is 0.668. The fourth-order valence-electron chi connectivity index (χ4n) is 3.99. The Morgan fingerprint density at radius 2 is 1.97 bits per heavy atom. The van der Waals surface area contributed by atoms with E-state index in [1.54, 1.807) is 56.2 Å². The van der Waals surface area contributed by atoms with Gasteiger partial charge in [0.25, 0.3) is 5.56 Å². The molecule has 0 bridgehead atoms. The highest BCUT2D eigenvalue weighted by Crippen LogP contribution is 2.28. The molecule has 10 heteroatoms. The molecular formula is C23H26N6O4. The highest BCUT2D eigenvalue weighted by molar-refractivity contribution is 6.03. The van der Waals surface area contributed by atoms with Crippen LogP contribution >= 0.6 is 0 Å². The summed E-state index contributed by atoms with van der Waals surface area (Å²) in [5.74, 6) is 0.336.